The molecule has 228 valence electrons. The van der Waals surface area contributed by atoms with E-state index in [4.69, 9.17) is 21.1 Å². The monoisotopic (exact) mass is 619 g/mol. The van der Waals surface area contributed by atoms with Crippen molar-refractivity contribution in [3.63, 3.8) is 0 Å². The van der Waals surface area contributed by atoms with Gasteiger partial charge in [-0.25, -0.2) is 9.59 Å². The van der Waals surface area contributed by atoms with E-state index in [0.717, 1.165) is 4.68 Å². The molecule has 0 radical (unpaired) electrons. The molecule has 0 fully saturated rings. The number of hydrogen-bond acceptors (Lipinski definition) is 9. The van der Waals surface area contributed by atoms with Crippen molar-refractivity contribution in [2.24, 2.45) is 0 Å². The number of carbonyl (C=O) groups is 4. The van der Waals surface area contributed by atoms with Crippen LogP contribution >= 0.6 is 11.6 Å². The van der Waals surface area contributed by atoms with Crippen molar-refractivity contribution < 1.29 is 33.8 Å². The number of aromatic nitrogens is 3. The molecule has 0 saturated carbocycles. The van der Waals surface area contributed by atoms with Crippen molar-refractivity contribution >= 4 is 52.6 Å². The zero-order chi connectivity index (χ0) is 32.2. The van der Waals surface area contributed by atoms with Crippen LogP contribution in [0.4, 0.5) is 4.79 Å². The molecule has 0 aliphatic carbocycles. The van der Waals surface area contributed by atoms with Crippen molar-refractivity contribution in [2.75, 3.05) is 7.11 Å². The number of fused-ring (bicyclic) bond motifs is 1. The first-order valence-corrected chi connectivity index (χ1v) is 13.7. The third kappa shape index (κ3) is 7.58. The summed E-state index contributed by atoms with van der Waals surface area (Å²) in [7, 11) is 1.17. The number of carbonyl (C=O) groups excluding carboxylic acids is 4. The minimum absolute atomic E-state index is 0.00519. The molecule has 0 atom stereocenters. The Bertz CT molecular complexity index is 1780. The molecule has 1 aromatic heterocycles. The Balaban J connectivity index is 1.54. The minimum Gasteiger partial charge on any atom is -0.508 e. The molecule has 0 saturated heterocycles. The van der Waals surface area contributed by atoms with Crippen molar-refractivity contribution in [1.82, 2.24) is 25.6 Å². The highest BCUT2D eigenvalue weighted by atomic mass is 35.5. The summed E-state index contributed by atoms with van der Waals surface area (Å²) in [6.07, 6.45) is 0.681. The van der Waals surface area contributed by atoms with E-state index < -0.39 is 29.5 Å². The largest absolute Gasteiger partial charge is 0.508 e. The molecule has 0 aliphatic rings. The number of hydrogen-bond donors (Lipinski definition) is 3. The molecule has 0 aliphatic heterocycles. The standard InChI is InChI=1S/C31H30ClN5O7/c1-17-11-20(27(39)33-16-19-7-6-8-21(38)12-19)15-22(32)26(17)28(40)34-24(29(41)43-5)14-18-9-10-25-23(13-18)35-36-37(25)30(42)44-31(2,3)4/h6-15,38H,16H2,1-5H3,(H,33,39)(H,34,40). The summed E-state index contributed by atoms with van der Waals surface area (Å²) >= 11 is 6.44. The number of aryl methyl sites for hydroxylation is 1. The highest BCUT2D eigenvalue weighted by molar-refractivity contribution is 6.34. The van der Waals surface area contributed by atoms with Gasteiger partial charge in [0.05, 0.1) is 17.7 Å². The summed E-state index contributed by atoms with van der Waals surface area (Å²) in [5, 5.41) is 22.8. The van der Waals surface area contributed by atoms with Gasteiger partial charge < -0.3 is 25.2 Å². The van der Waals surface area contributed by atoms with Gasteiger partial charge in [-0.15, -0.1) is 9.78 Å². The number of phenolic OH excluding ortho intramolecular Hbond substituents is 1. The molecule has 44 heavy (non-hydrogen) atoms. The number of amides is 2. The van der Waals surface area contributed by atoms with Crippen LogP contribution in [-0.2, 0) is 20.8 Å². The molecule has 3 aromatic carbocycles. The Labute approximate surface area is 257 Å². The molecule has 13 heteroatoms. The quantitative estimate of drug-likeness (QED) is 0.196. The van der Waals surface area contributed by atoms with Crippen molar-refractivity contribution in [1.29, 1.82) is 0 Å². The van der Waals surface area contributed by atoms with E-state index >= 15 is 0 Å². The molecule has 1 heterocycles. The predicted octanol–water partition coefficient (Wildman–Crippen LogP) is 4.76. The first-order valence-electron chi connectivity index (χ1n) is 13.3. The van der Waals surface area contributed by atoms with Crippen LogP contribution in [0, 0.1) is 6.92 Å². The summed E-state index contributed by atoms with van der Waals surface area (Å²) in [4.78, 5) is 51.1. The lowest BCUT2D eigenvalue weighted by molar-refractivity contribution is -0.136. The average molecular weight is 620 g/mol. The highest BCUT2D eigenvalue weighted by Crippen LogP contribution is 2.24. The number of esters is 1. The normalized spacial score (nSPS) is 11.6. The number of methoxy groups -OCH3 is 1. The van der Waals surface area contributed by atoms with E-state index in [1.54, 1.807) is 58.0 Å². The number of nitrogens with zero attached hydrogens (tertiary/aromatic N) is 3. The number of aromatic hydroxyl groups is 1. The van der Waals surface area contributed by atoms with Gasteiger partial charge >= 0.3 is 12.1 Å². The van der Waals surface area contributed by atoms with Crippen LogP contribution in [0.3, 0.4) is 0 Å². The maximum Gasteiger partial charge on any atom is 0.437 e. The topological polar surface area (TPSA) is 162 Å². The Morgan fingerprint density at radius 1 is 1.05 bits per heavy atom. The smallest absolute Gasteiger partial charge is 0.437 e. The number of nitrogens with one attached hydrogen (secondary N) is 2. The van der Waals surface area contributed by atoms with Crippen LogP contribution in [0.2, 0.25) is 5.02 Å². The van der Waals surface area contributed by atoms with Crippen LogP contribution in [0.1, 0.15) is 58.2 Å². The molecular weight excluding hydrogens is 590 g/mol. The number of ether oxygens (including phenoxy) is 2. The minimum atomic E-state index is -0.826. The summed E-state index contributed by atoms with van der Waals surface area (Å²) < 4.78 is 11.2. The van der Waals surface area contributed by atoms with Gasteiger partial charge in [0.25, 0.3) is 11.8 Å². The highest BCUT2D eigenvalue weighted by Gasteiger charge is 2.23. The summed E-state index contributed by atoms with van der Waals surface area (Å²) in [5.41, 5.74) is 1.63. The zero-order valence-electron chi connectivity index (χ0n) is 24.6. The van der Waals surface area contributed by atoms with Gasteiger partial charge in [-0.1, -0.05) is 35.0 Å². The molecular formula is C31H30ClN5O7. The lowest BCUT2D eigenvalue weighted by atomic mass is 10.0. The van der Waals surface area contributed by atoms with E-state index in [0.29, 0.717) is 27.7 Å². The second-order valence-electron chi connectivity index (χ2n) is 10.7. The van der Waals surface area contributed by atoms with Gasteiger partial charge in [-0.05, 0) is 86.9 Å². The van der Waals surface area contributed by atoms with E-state index in [2.05, 4.69) is 20.9 Å². The second-order valence-corrected chi connectivity index (χ2v) is 11.1. The molecule has 4 aromatic rings. The van der Waals surface area contributed by atoms with Crippen molar-refractivity contribution in [3.05, 3.63) is 93.1 Å². The van der Waals surface area contributed by atoms with Gasteiger partial charge in [-0.3, -0.25) is 9.59 Å². The number of halogens is 1. The van der Waals surface area contributed by atoms with Crippen molar-refractivity contribution in [2.45, 2.75) is 39.8 Å². The van der Waals surface area contributed by atoms with Gasteiger partial charge in [0, 0.05) is 12.1 Å². The second kappa shape index (κ2) is 13.0. The fourth-order valence-electron chi connectivity index (χ4n) is 4.19. The summed E-state index contributed by atoms with van der Waals surface area (Å²) in [5.74, 6) is -1.88. The van der Waals surface area contributed by atoms with E-state index in [9.17, 15) is 24.3 Å². The molecule has 0 bridgehead atoms. The molecule has 4 rings (SSSR count). The Hall–Kier alpha value is -5.23. The fraction of sp³-hybridized carbons (Fsp3) is 0.226. The first kappa shape index (κ1) is 31.7. The van der Waals surface area contributed by atoms with Crippen LogP contribution in [-0.4, -0.2) is 56.7 Å². The predicted molar refractivity (Wildman–Crippen MR) is 162 cm³/mol. The Kier molecular flexibility index (Phi) is 9.34. The lowest BCUT2D eigenvalue weighted by Gasteiger charge is -2.18. The van der Waals surface area contributed by atoms with Crippen LogP contribution in [0.5, 0.6) is 5.75 Å². The molecule has 12 nitrogen and oxygen atoms in total. The van der Waals surface area contributed by atoms with Crippen molar-refractivity contribution in [3.8, 4) is 5.75 Å². The Morgan fingerprint density at radius 2 is 1.80 bits per heavy atom. The SMILES string of the molecule is COC(=O)C(=Cc1ccc2c(c1)nnn2C(=O)OC(C)(C)C)NC(=O)c1c(C)cc(C(=O)NCc2cccc(O)c2)cc1Cl. The van der Waals surface area contributed by atoms with E-state index in [1.165, 1.54) is 37.5 Å². The zero-order valence-corrected chi connectivity index (χ0v) is 25.4. The lowest BCUT2D eigenvalue weighted by Crippen LogP contribution is -2.29. The molecule has 0 unspecified atom stereocenters. The van der Waals surface area contributed by atoms with E-state index in [-0.39, 0.29) is 34.1 Å². The fourth-order valence-corrected chi connectivity index (χ4v) is 4.54. The maximum absolute atomic E-state index is 13.3. The molecule has 3 N–H and O–H groups in total. The molecule has 0 spiro atoms. The first-order chi connectivity index (χ1) is 20.8. The van der Waals surface area contributed by atoms with Gasteiger partial charge in [0.1, 0.15) is 28.1 Å². The number of phenols is 1. The molecule has 2 amide bonds. The summed E-state index contributed by atoms with van der Waals surface area (Å²) in [6.45, 7) is 6.97. The maximum atomic E-state index is 13.3. The summed E-state index contributed by atoms with van der Waals surface area (Å²) in [6, 6.07) is 14.1. The van der Waals surface area contributed by atoms with Gasteiger partial charge in [0.15, 0.2) is 0 Å². The Morgan fingerprint density at radius 3 is 2.45 bits per heavy atom. The number of benzene rings is 3. The van der Waals surface area contributed by atoms with E-state index in [1.807, 2.05) is 0 Å². The van der Waals surface area contributed by atoms with Gasteiger partial charge in [-0.2, -0.15) is 0 Å². The van der Waals surface area contributed by atoms with Crippen LogP contribution < -0.4 is 10.6 Å². The van der Waals surface area contributed by atoms with Gasteiger partial charge in [0.2, 0.25) is 0 Å². The third-order valence-electron chi connectivity index (χ3n) is 6.14. The van der Waals surface area contributed by atoms with Crippen LogP contribution in [0.25, 0.3) is 17.1 Å². The number of rotatable bonds is 7. The third-order valence-corrected chi connectivity index (χ3v) is 6.44. The average Bonchev–Trinajstić information content (AvgIpc) is 3.37. The van der Waals surface area contributed by atoms with Crippen LogP contribution in [0.15, 0.2) is 60.3 Å².